The van der Waals surface area contributed by atoms with Crippen LogP contribution in [-0.4, -0.2) is 0 Å². The first-order valence-corrected chi connectivity index (χ1v) is 22.2. The number of rotatable bonds is 9. The molecule has 1 nitrogen and oxygen atoms in total. The molecule has 1 heteroatoms. The minimum atomic E-state index is -0.288. The van der Waals surface area contributed by atoms with Crippen LogP contribution in [0.2, 0.25) is 0 Å². The van der Waals surface area contributed by atoms with E-state index in [1.54, 1.807) is 0 Å². The van der Waals surface area contributed by atoms with E-state index in [4.69, 9.17) is 0 Å². The average molecular weight is 818 g/mol. The molecule has 0 radical (unpaired) electrons. The Hall–Kier alpha value is -8.00. The van der Waals surface area contributed by atoms with Crippen molar-refractivity contribution in [2.45, 2.75) is 19.3 Å². The van der Waals surface area contributed by atoms with Gasteiger partial charge in [0.2, 0.25) is 0 Å². The van der Waals surface area contributed by atoms with Gasteiger partial charge in [0, 0.05) is 22.5 Å². The van der Waals surface area contributed by atoms with Gasteiger partial charge in [-0.15, -0.1) is 0 Å². The van der Waals surface area contributed by atoms with E-state index in [9.17, 15) is 0 Å². The summed E-state index contributed by atoms with van der Waals surface area (Å²) < 4.78 is 0. The lowest BCUT2D eigenvalue weighted by Crippen LogP contribution is -2.17. The van der Waals surface area contributed by atoms with Crippen LogP contribution in [0, 0.1) is 0 Å². The van der Waals surface area contributed by atoms with Crippen molar-refractivity contribution in [3.8, 4) is 77.9 Å². The maximum atomic E-state index is 2.45. The lowest BCUT2D eigenvalue weighted by Gasteiger charge is -2.29. The summed E-state index contributed by atoms with van der Waals surface area (Å²) >= 11 is 0. The molecule has 10 aromatic rings. The smallest absolute Gasteiger partial charge is 0.0465 e. The molecule has 0 spiro atoms. The van der Waals surface area contributed by atoms with E-state index in [0.29, 0.717) is 0 Å². The summed E-state index contributed by atoms with van der Waals surface area (Å²) in [6, 6.07) is 90.7. The van der Waals surface area contributed by atoms with E-state index in [-0.39, 0.29) is 5.41 Å². The molecule has 64 heavy (non-hydrogen) atoms. The summed E-state index contributed by atoms with van der Waals surface area (Å²) in [4.78, 5) is 2.41. The zero-order chi connectivity index (χ0) is 43.0. The molecule has 10 aromatic carbocycles. The van der Waals surface area contributed by atoms with E-state index in [0.717, 1.165) is 17.1 Å². The second-order valence-corrected chi connectivity index (χ2v) is 17.3. The molecule has 11 rings (SSSR count). The van der Waals surface area contributed by atoms with Gasteiger partial charge in [-0.1, -0.05) is 214 Å². The van der Waals surface area contributed by atoms with Crippen LogP contribution in [0.1, 0.15) is 25.0 Å². The maximum Gasteiger partial charge on any atom is 0.0465 e. The zero-order valence-corrected chi connectivity index (χ0v) is 36.1. The van der Waals surface area contributed by atoms with Crippen molar-refractivity contribution < 1.29 is 0 Å². The SMILES string of the molecule is CC1(C)c2cc(N(c3ccc(-c4ccccc4)cc3)c3ccc(-c4ccccc4)cc3)ccc2-c2cc(-c3ccc(-c4ccccc4)cc3)cc(-c3ccc(-c4ccccc4)cc3)c21. The third-order valence-electron chi connectivity index (χ3n) is 13.1. The van der Waals surface area contributed by atoms with Crippen molar-refractivity contribution in [3.05, 3.63) is 260 Å². The van der Waals surface area contributed by atoms with Gasteiger partial charge < -0.3 is 4.90 Å². The van der Waals surface area contributed by atoms with Gasteiger partial charge >= 0.3 is 0 Å². The summed E-state index contributed by atoms with van der Waals surface area (Å²) in [6.07, 6.45) is 0. The lowest BCUT2D eigenvalue weighted by molar-refractivity contribution is 0.662. The predicted molar refractivity (Wildman–Crippen MR) is 271 cm³/mol. The summed E-state index contributed by atoms with van der Waals surface area (Å²) in [7, 11) is 0. The molecule has 0 fully saturated rings. The summed E-state index contributed by atoms with van der Waals surface area (Å²) in [6.45, 7) is 4.82. The fraction of sp³-hybridized carbons (Fsp3) is 0.0476. The highest BCUT2D eigenvalue weighted by atomic mass is 15.1. The highest BCUT2D eigenvalue weighted by Gasteiger charge is 2.39. The Labute approximate surface area is 377 Å². The molecule has 304 valence electrons. The van der Waals surface area contributed by atoms with Gasteiger partial charge in [-0.2, -0.15) is 0 Å². The van der Waals surface area contributed by atoms with Gasteiger partial charge in [0.15, 0.2) is 0 Å². The number of benzene rings is 10. The van der Waals surface area contributed by atoms with Crippen molar-refractivity contribution in [2.24, 2.45) is 0 Å². The highest BCUT2D eigenvalue weighted by Crippen LogP contribution is 2.55. The molecule has 0 atom stereocenters. The van der Waals surface area contributed by atoms with Crippen LogP contribution in [0.4, 0.5) is 17.1 Å². The van der Waals surface area contributed by atoms with Gasteiger partial charge in [0.05, 0.1) is 0 Å². The third-order valence-corrected chi connectivity index (χ3v) is 13.1. The lowest BCUT2D eigenvalue weighted by atomic mass is 9.78. The Morgan fingerprint density at radius 1 is 0.250 bits per heavy atom. The summed E-state index contributed by atoms with van der Waals surface area (Å²) in [5, 5.41) is 0. The number of fused-ring (bicyclic) bond motifs is 3. The largest absolute Gasteiger partial charge is 0.310 e. The molecule has 0 heterocycles. The molecular formula is C63H47N. The molecular weight excluding hydrogens is 771 g/mol. The van der Waals surface area contributed by atoms with Crippen LogP contribution >= 0.6 is 0 Å². The van der Waals surface area contributed by atoms with Crippen molar-refractivity contribution in [3.63, 3.8) is 0 Å². The van der Waals surface area contributed by atoms with E-state index in [1.165, 1.54) is 89.0 Å². The van der Waals surface area contributed by atoms with Gasteiger partial charge in [0.1, 0.15) is 0 Å². The summed E-state index contributed by atoms with van der Waals surface area (Å²) in [5.74, 6) is 0. The van der Waals surface area contributed by atoms with Gasteiger partial charge in [0.25, 0.3) is 0 Å². The van der Waals surface area contributed by atoms with Crippen molar-refractivity contribution in [1.29, 1.82) is 0 Å². The van der Waals surface area contributed by atoms with Crippen molar-refractivity contribution in [2.75, 3.05) is 4.90 Å². The van der Waals surface area contributed by atoms with Crippen LogP contribution < -0.4 is 4.90 Å². The monoisotopic (exact) mass is 817 g/mol. The van der Waals surface area contributed by atoms with Crippen molar-refractivity contribution >= 4 is 17.1 Å². The van der Waals surface area contributed by atoms with E-state index < -0.39 is 0 Å². The van der Waals surface area contributed by atoms with E-state index >= 15 is 0 Å². The normalized spacial score (nSPS) is 12.3. The zero-order valence-electron chi connectivity index (χ0n) is 36.1. The van der Waals surface area contributed by atoms with Crippen LogP contribution in [0.15, 0.2) is 249 Å². The van der Waals surface area contributed by atoms with Gasteiger partial charge in [-0.05, 0) is 138 Å². The second-order valence-electron chi connectivity index (χ2n) is 17.3. The van der Waals surface area contributed by atoms with Gasteiger partial charge in [-0.25, -0.2) is 0 Å². The fourth-order valence-electron chi connectivity index (χ4n) is 9.75. The van der Waals surface area contributed by atoms with Crippen LogP contribution in [0.3, 0.4) is 0 Å². The first-order valence-electron chi connectivity index (χ1n) is 22.2. The van der Waals surface area contributed by atoms with E-state index in [2.05, 4.69) is 267 Å². The minimum absolute atomic E-state index is 0.288. The topological polar surface area (TPSA) is 3.24 Å². The quantitative estimate of drug-likeness (QED) is 0.140. The number of hydrogen-bond donors (Lipinski definition) is 0. The first kappa shape index (κ1) is 38.9. The minimum Gasteiger partial charge on any atom is -0.310 e. The Morgan fingerprint density at radius 2 is 0.562 bits per heavy atom. The first-order chi connectivity index (χ1) is 31.5. The molecule has 1 aliphatic rings. The van der Waals surface area contributed by atoms with E-state index in [1.807, 2.05) is 0 Å². The number of anilines is 3. The molecule has 0 amide bonds. The average Bonchev–Trinajstić information content (AvgIpc) is 3.60. The maximum absolute atomic E-state index is 2.45. The second kappa shape index (κ2) is 16.4. The Kier molecular flexibility index (Phi) is 9.94. The van der Waals surface area contributed by atoms with Crippen molar-refractivity contribution in [1.82, 2.24) is 0 Å². The van der Waals surface area contributed by atoms with Crippen LogP contribution in [-0.2, 0) is 5.41 Å². The molecule has 0 saturated carbocycles. The Bertz CT molecular complexity index is 3120. The Morgan fingerprint density at radius 3 is 0.969 bits per heavy atom. The molecule has 0 N–H and O–H groups in total. The third kappa shape index (κ3) is 7.21. The van der Waals surface area contributed by atoms with Crippen LogP contribution in [0.5, 0.6) is 0 Å². The predicted octanol–water partition coefficient (Wildman–Crippen LogP) is 17.5. The Balaban J connectivity index is 1.04. The molecule has 0 aliphatic heterocycles. The molecule has 0 aromatic heterocycles. The molecule has 0 bridgehead atoms. The number of hydrogen-bond acceptors (Lipinski definition) is 1. The number of nitrogens with zero attached hydrogens (tertiary/aromatic N) is 1. The fourth-order valence-corrected chi connectivity index (χ4v) is 9.75. The highest BCUT2D eigenvalue weighted by molar-refractivity contribution is 5.94. The molecule has 0 saturated heterocycles. The summed E-state index contributed by atoms with van der Waals surface area (Å²) in [5.41, 5.74) is 22.9. The molecule has 0 unspecified atom stereocenters. The molecule has 1 aliphatic carbocycles. The standard InChI is InChI=1S/C63H47N/c1-63(2)61-43-57(64(55-35-31-50(32-36-55)46-19-11-5-12-20-46)56-37-33-51(34-38-56)47-21-13-6-14-22-47)39-40-58(61)60-42-54(52-25-23-48(24-26-52)44-15-7-3-8-16-44)41-59(62(60)63)53-29-27-49(28-30-53)45-17-9-4-10-18-45/h3-43H,1-2H3. The van der Waals surface area contributed by atoms with Gasteiger partial charge in [-0.3, -0.25) is 0 Å². The van der Waals surface area contributed by atoms with Crippen LogP contribution in [0.25, 0.3) is 77.9 Å².